The second-order valence-electron chi connectivity index (χ2n) is 4.24. The van der Waals surface area contributed by atoms with Crippen molar-refractivity contribution in [1.82, 2.24) is 10.2 Å². The number of rotatable bonds is 0. The number of hydrogen-bond acceptors (Lipinski definition) is 2. The summed E-state index contributed by atoms with van der Waals surface area (Å²) in [6.07, 6.45) is 8.49. The molecule has 2 aliphatic rings. The normalized spacial score (nSPS) is 13.1. The quantitative estimate of drug-likeness (QED) is 0.194. The Morgan fingerprint density at radius 3 is 1.08 bits per heavy atom. The van der Waals surface area contributed by atoms with Crippen LogP contribution in [-0.4, -0.2) is 38.1 Å². The van der Waals surface area contributed by atoms with Crippen LogP contribution in [0.5, 0.6) is 0 Å². The Morgan fingerprint density at radius 2 is 0.962 bits per heavy atom. The molecule has 0 aromatic heterocycles. The maximum absolute atomic E-state index is 3.28. The minimum Gasteiger partial charge on any atom is 2.00 e. The van der Waals surface area contributed by atoms with Crippen molar-refractivity contribution in [3.05, 3.63) is 37.1 Å². The number of nitrogens with one attached hydrogen (secondary N) is 1. The monoisotopic (exact) mass is 1200 g/mol. The fourth-order valence-electron chi connectivity index (χ4n) is 1.85. The van der Waals surface area contributed by atoms with E-state index in [9.17, 15) is 0 Å². The predicted molar refractivity (Wildman–Crippen MR) is 153 cm³/mol. The van der Waals surface area contributed by atoms with Crippen LogP contribution in [-0.2, 0) is 51.6 Å². The molecule has 0 radical (unpaired) electrons. The van der Waals surface area contributed by atoms with Crippen LogP contribution in [0.3, 0.4) is 0 Å². The van der Waals surface area contributed by atoms with E-state index in [0.29, 0.717) is 9.47 Å². The average Bonchev–Trinajstić information content (AvgIpc) is 2.45. The molecular formula is C17H43I4N2VW2-. The molecule has 2 fully saturated rings. The molecule has 9 heteroatoms. The van der Waals surface area contributed by atoms with Gasteiger partial charge in [-0.15, -0.1) is 0 Å². The molecule has 167 valence electrons. The SMILES string of the molecule is C.C1CCNCC1.CN1CCCCC1.II.[CH3-].[CH3-].[CH3-].[CH3-].[CH3-].[I][V][I].[W+2].[W+2]. The van der Waals surface area contributed by atoms with Crippen molar-refractivity contribution < 1.29 is 51.6 Å². The minimum atomic E-state index is 0. The maximum Gasteiger partial charge on any atom is 2.00 e. The zero-order valence-corrected chi connectivity index (χ0v) is 32.7. The van der Waals surface area contributed by atoms with Crippen molar-refractivity contribution in [2.45, 2.75) is 46.0 Å². The summed E-state index contributed by atoms with van der Waals surface area (Å²) in [6.45, 7) is 5.14. The number of likely N-dealkylation sites (tertiary alicyclic amines) is 1. The molecule has 0 aromatic carbocycles. The Morgan fingerprint density at radius 1 is 0.692 bits per heavy atom. The van der Waals surface area contributed by atoms with Crippen LogP contribution >= 0.6 is 77.2 Å². The standard InChI is InChI=1S/C6H13N.C5H11N.CH4.5CH3.I2.2HI.V.2W/c1-7-5-3-2-4-6-7;1-2-4-6-5-3-1;;;;;;;1-2;;;;;/h2-6H2,1H3;6H,1-5H2;1H4;5*1H3;;2*1H;;;/q;;;5*-1;;;;3*+2/p-2. The van der Waals surface area contributed by atoms with Gasteiger partial charge in [0.1, 0.15) is 0 Å². The molecule has 2 aliphatic heterocycles. The number of piperidine rings is 2. The average molecular weight is 1200 g/mol. The Bertz CT molecular complexity index is 136. The van der Waals surface area contributed by atoms with Gasteiger partial charge in [-0.25, -0.2) is 0 Å². The minimum absolute atomic E-state index is 0. The van der Waals surface area contributed by atoms with E-state index >= 15 is 0 Å². The number of nitrogens with zero attached hydrogens (tertiary/aromatic N) is 1. The topological polar surface area (TPSA) is 15.3 Å². The second kappa shape index (κ2) is 63.0. The van der Waals surface area contributed by atoms with Gasteiger partial charge in [0.25, 0.3) is 0 Å². The van der Waals surface area contributed by atoms with Gasteiger partial charge in [0.15, 0.2) is 0 Å². The molecule has 2 nitrogen and oxygen atoms in total. The van der Waals surface area contributed by atoms with Crippen LogP contribution in [0.4, 0.5) is 0 Å². The first-order valence-electron chi connectivity index (χ1n) is 6.27. The third kappa shape index (κ3) is 63.0. The zero-order chi connectivity index (χ0) is 14.1. The van der Waals surface area contributed by atoms with E-state index in [2.05, 4.69) is 94.5 Å². The summed E-state index contributed by atoms with van der Waals surface area (Å²) in [7, 11) is 2.82. The van der Waals surface area contributed by atoms with Gasteiger partial charge in [0, 0.05) is 37.2 Å². The van der Waals surface area contributed by atoms with Crippen LogP contribution in [0, 0.1) is 37.1 Å². The van der Waals surface area contributed by atoms with Gasteiger partial charge in [-0.1, -0.05) is 20.3 Å². The first-order chi connectivity index (χ1) is 8.81. The molecule has 1 N–H and O–H groups in total. The summed E-state index contributed by atoms with van der Waals surface area (Å²) in [5.41, 5.74) is 0. The molecule has 0 bridgehead atoms. The van der Waals surface area contributed by atoms with Gasteiger partial charge in [-0.05, 0) is 58.9 Å². The van der Waals surface area contributed by atoms with Crippen LogP contribution in [0.25, 0.3) is 0 Å². The second-order valence-corrected chi connectivity index (χ2v) is 16.0. The van der Waals surface area contributed by atoms with Crippen LogP contribution in [0.1, 0.15) is 46.0 Å². The van der Waals surface area contributed by atoms with E-state index < -0.39 is 0 Å². The van der Waals surface area contributed by atoms with Gasteiger partial charge in [0.05, 0.1) is 0 Å². The van der Waals surface area contributed by atoms with Gasteiger partial charge >= 0.3 is 91.6 Å². The van der Waals surface area contributed by atoms with Crippen molar-refractivity contribution in [3.63, 3.8) is 0 Å². The first kappa shape index (κ1) is 63.2. The van der Waals surface area contributed by atoms with Crippen LogP contribution in [0.2, 0.25) is 0 Å². The first-order valence-corrected chi connectivity index (χ1v) is 21.6. The van der Waals surface area contributed by atoms with Crippen LogP contribution in [0.15, 0.2) is 0 Å². The Hall–Kier alpha value is 4.80. The number of halogens is 4. The van der Waals surface area contributed by atoms with Crippen molar-refractivity contribution in [2.75, 3.05) is 33.2 Å². The fourth-order valence-corrected chi connectivity index (χ4v) is 1.85. The number of hydrogen-bond donors (Lipinski definition) is 1. The summed E-state index contributed by atoms with van der Waals surface area (Å²) in [4.78, 5) is 2.39. The third-order valence-corrected chi connectivity index (χ3v) is 2.79. The van der Waals surface area contributed by atoms with Gasteiger partial charge in [0.2, 0.25) is 0 Å². The molecular weight excluding hydrogens is 1160 g/mol. The molecule has 2 saturated heterocycles. The largest absolute Gasteiger partial charge is 2.00 e. The third-order valence-electron chi connectivity index (χ3n) is 2.79. The van der Waals surface area contributed by atoms with E-state index in [1.807, 2.05) is 0 Å². The molecule has 2 heterocycles. The van der Waals surface area contributed by atoms with Crippen molar-refractivity contribution in [3.8, 4) is 0 Å². The molecule has 2 rings (SSSR count). The molecule has 0 unspecified atom stereocenters. The molecule has 0 amide bonds. The van der Waals surface area contributed by atoms with Gasteiger partial charge in [-0.2, -0.15) is 0 Å². The molecule has 0 saturated carbocycles. The fraction of sp³-hybridized carbons (Fsp3) is 0.706. The van der Waals surface area contributed by atoms with Gasteiger partial charge in [-0.3, -0.25) is 0 Å². The molecule has 0 aromatic rings. The predicted octanol–water partition coefficient (Wildman–Crippen LogP) is 8.28. The maximum atomic E-state index is 3.28. The van der Waals surface area contributed by atoms with Crippen molar-refractivity contribution >= 4 is 77.2 Å². The summed E-state index contributed by atoms with van der Waals surface area (Å²) in [5.74, 6) is 0. The summed E-state index contributed by atoms with van der Waals surface area (Å²) >= 11 is 8.98. The van der Waals surface area contributed by atoms with E-state index in [0.717, 1.165) is 0 Å². The van der Waals surface area contributed by atoms with Crippen LogP contribution < -0.4 is 5.32 Å². The van der Waals surface area contributed by atoms with Gasteiger partial charge < -0.3 is 47.3 Å². The van der Waals surface area contributed by atoms with E-state index in [1.54, 1.807) is 0 Å². The smallest absolute Gasteiger partial charge is 2.00 e. The summed E-state index contributed by atoms with van der Waals surface area (Å²) in [6, 6.07) is 0. The molecule has 0 atom stereocenters. The van der Waals surface area contributed by atoms with Crippen molar-refractivity contribution in [2.24, 2.45) is 0 Å². The molecule has 26 heavy (non-hydrogen) atoms. The Kier molecular flexibility index (Phi) is 153. The Balaban J connectivity index is -0.0000000159. The van der Waals surface area contributed by atoms with E-state index in [4.69, 9.17) is 0 Å². The molecule has 0 aliphatic carbocycles. The summed E-state index contributed by atoms with van der Waals surface area (Å²) < 4.78 is 0. The zero-order valence-electron chi connectivity index (χ0n) is 16.8. The summed E-state index contributed by atoms with van der Waals surface area (Å²) in [5, 5.41) is 3.28. The Labute approximate surface area is 250 Å². The van der Waals surface area contributed by atoms with E-state index in [-0.39, 0.29) is 86.7 Å². The van der Waals surface area contributed by atoms with E-state index in [1.165, 1.54) is 64.7 Å². The molecule has 0 spiro atoms. The van der Waals surface area contributed by atoms with Crippen molar-refractivity contribution in [1.29, 1.82) is 0 Å².